The Morgan fingerprint density at radius 3 is 1.73 bits per heavy atom. The first-order valence-electron chi connectivity index (χ1n) is 10.8. The second kappa shape index (κ2) is 21.6. The number of hydrogen-bond donors (Lipinski definition) is 1. The summed E-state index contributed by atoms with van der Waals surface area (Å²) in [5.74, 6) is -0.481. The molecule has 1 amide bonds. The van der Waals surface area contributed by atoms with Crippen molar-refractivity contribution in [3.63, 3.8) is 0 Å². The van der Waals surface area contributed by atoms with Gasteiger partial charge in [-0.1, -0.05) is 102 Å². The van der Waals surface area contributed by atoms with Crippen molar-refractivity contribution in [2.75, 3.05) is 6.61 Å². The van der Waals surface area contributed by atoms with Gasteiger partial charge in [0.2, 0.25) is 5.91 Å². The molecular formula is C23H40NNaO4S. The average Bonchev–Trinajstić information content (AvgIpc) is 2.72. The van der Waals surface area contributed by atoms with Crippen molar-refractivity contribution >= 4 is 16.0 Å². The molecule has 1 rings (SSSR count). The van der Waals surface area contributed by atoms with E-state index in [0.717, 1.165) is 18.9 Å². The van der Waals surface area contributed by atoms with E-state index in [1.807, 2.05) is 0 Å². The van der Waals surface area contributed by atoms with Crippen LogP contribution >= 0.6 is 0 Å². The Kier molecular flexibility index (Phi) is 22.7. The fourth-order valence-electron chi connectivity index (χ4n) is 2.77. The van der Waals surface area contributed by atoms with Crippen molar-refractivity contribution < 1.29 is 48.4 Å². The van der Waals surface area contributed by atoms with E-state index in [2.05, 4.69) is 19.2 Å². The first-order chi connectivity index (χ1) is 13.9. The molecule has 0 fully saturated rings. The van der Waals surface area contributed by atoms with E-state index in [1.54, 1.807) is 30.3 Å². The van der Waals surface area contributed by atoms with E-state index < -0.39 is 16.0 Å². The minimum absolute atomic E-state index is 0. The van der Waals surface area contributed by atoms with Crippen molar-refractivity contribution in [2.45, 2.75) is 88.9 Å². The molecule has 5 nitrogen and oxygen atoms in total. The molecule has 0 aliphatic carbocycles. The Hall–Kier alpha value is -0.660. The van der Waals surface area contributed by atoms with Crippen LogP contribution in [0.15, 0.2) is 47.9 Å². The average molecular weight is 450 g/mol. The van der Waals surface area contributed by atoms with Crippen LogP contribution in [-0.4, -0.2) is 20.9 Å². The molecule has 30 heavy (non-hydrogen) atoms. The third kappa shape index (κ3) is 19.3. The summed E-state index contributed by atoms with van der Waals surface area (Å²) in [6.07, 6.45) is 16.2. The summed E-state index contributed by atoms with van der Waals surface area (Å²) in [6, 6.07) is 8.35. The molecule has 0 unspecified atom stereocenters. The summed E-state index contributed by atoms with van der Waals surface area (Å²) in [5.41, 5.74) is 4.53. The van der Waals surface area contributed by atoms with Crippen LogP contribution in [0.5, 0.6) is 0 Å². The Morgan fingerprint density at radius 1 is 0.933 bits per heavy atom. The van der Waals surface area contributed by atoms with Gasteiger partial charge in [0.05, 0.1) is 11.5 Å². The van der Waals surface area contributed by atoms with Gasteiger partial charge in [-0.2, -0.15) is 8.42 Å². The Labute approximate surface area is 207 Å². The predicted octanol–water partition coefficient (Wildman–Crippen LogP) is 2.87. The zero-order valence-electron chi connectivity index (χ0n) is 20.0. The molecule has 0 aromatic heterocycles. The molecule has 168 valence electrons. The molecule has 0 atom stereocenters. The van der Waals surface area contributed by atoms with Gasteiger partial charge in [0.25, 0.3) is 10.1 Å². The first-order valence-corrected chi connectivity index (χ1v) is 12.2. The van der Waals surface area contributed by atoms with Gasteiger partial charge in [-0.25, -0.2) is 0 Å². The summed E-state index contributed by atoms with van der Waals surface area (Å²) in [7, 11) is -3.57. The van der Waals surface area contributed by atoms with Gasteiger partial charge in [-0.3, -0.25) is 8.98 Å². The molecular weight excluding hydrogens is 409 g/mol. The summed E-state index contributed by atoms with van der Waals surface area (Å²) in [6.45, 7) is 5.62. The van der Waals surface area contributed by atoms with Crippen LogP contribution in [0.2, 0.25) is 0 Å². The molecule has 2 N–H and O–H groups in total. The number of hydrogen-bond acceptors (Lipinski definition) is 4. The number of carbonyl (C=O) groups is 1. The Bertz CT molecular complexity index is 642. The SMILES string of the molecule is C=CC(N)=O.CCCCCCCCCCCCCCOS(=O)(=O)c1ccccc1.[H-].[Na+]. The molecule has 0 spiro atoms. The van der Waals surface area contributed by atoms with Crippen LogP contribution in [0.3, 0.4) is 0 Å². The molecule has 0 saturated heterocycles. The van der Waals surface area contributed by atoms with Crippen molar-refractivity contribution in [1.29, 1.82) is 0 Å². The maximum absolute atomic E-state index is 11.9. The van der Waals surface area contributed by atoms with Crippen molar-refractivity contribution in [2.24, 2.45) is 5.73 Å². The van der Waals surface area contributed by atoms with Crippen molar-refractivity contribution in [3.05, 3.63) is 43.0 Å². The third-order valence-electron chi connectivity index (χ3n) is 4.47. The van der Waals surface area contributed by atoms with Gasteiger partial charge in [0.15, 0.2) is 0 Å². The number of amides is 1. The van der Waals surface area contributed by atoms with Crippen molar-refractivity contribution in [3.8, 4) is 0 Å². The molecule has 0 aliphatic rings. The first kappa shape index (κ1) is 31.5. The maximum atomic E-state index is 11.9. The quantitative estimate of drug-likeness (QED) is 0.182. The van der Waals surface area contributed by atoms with Gasteiger partial charge in [-0.05, 0) is 24.6 Å². The van der Waals surface area contributed by atoms with E-state index in [9.17, 15) is 13.2 Å². The summed E-state index contributed by atoms with van der Waals surface area (Å²) in [4.78, 5) is 9.71. The molecule has 1 aromatic carbocycles. The summed E-state index contributed by atoms with van der Waals surface area (Å²) < 4.78 is 28.9. The molecule has 0 saturated carbocycles. The van der Waals surface area contributed by atoms with Gasteiger partial charge in [0, 0.05) is 0 Å². The number of unbranched alkanes of at least 4 members (excludes halogenated alkanes) is 11. The zero-order valence-corrected chi connectivity index (χ0v) is 21.8. The van der Waals surface area contributed by atoms with E-state index >= 15 is 0 Å². The van der Waals surface area contributed by atoms with Crippen LogP contribution in [0.4, 0.5) is 0 Å². The predicted molar refractivity (Wildman–Crippen MR) is 121 cm³/mol. The van der Waals surface area contributed by atoms with Gasteiger partial charge < -0.3 is 7.16 Å². The van der Waals surface area contributed by atoms with Crippen LogP contribution in [0.25, 0.3) is 0 Å². The van der Waals surface area contributed by atoms with E-state index in [4.69, 9.17) is 4.18 Å². The van der Waals surface area contributed by atoms with Crippen LogP contribution in [0, 0.1) is 0 Å². The zero-order chi connectivity index (χ0) is 21.8. The third-order valence-corrected chi connectivity index (χ3v) is 5.80. The smallest absolute Gasteiger partial charge is 1.00 e. The van der Waals surface area contributed by atoms with Crippen LogP contribution in [-0.2, 0) is 19.1 Å². The Morgan fingerprint density at radius 2 is 1.33 bits per heavy atom. The number of nitrogens with two attached hydrogens (primary N) is 1. The molecule has 0 aliphatic heterocycles. The van der Waals surface area contributed by atoms with Gasteiger partial charge >= 0.3 is 29.6 Å². The van der Waals surface area contributed by atoms with Crippen molar-refractivity contribution in [1.82, 2.24) is 0 Å². The largest absolute Gasteiger partial charge is 1.00 e. The summed E-state index contributed by atoms with van der Waals surface area (Å²) >= 11 is 0. The van der Waals surface area contributed by atoms with Gasteiger partial charge in [0.1, 0.15) is 0 Å². The second-order valence-corrected chi connectivity index (χ2v) is 8.70. The molecule has 7 heteroatoms. The van der Waals surface area contributed by atoms with Gasteiger partial charge in [-0.15, -0.1) is 0 Å². The summed E-state index contributed by atoms with van der Waals surface area (Å²) in [5, 5.41) is 0. The molecule has 0 radical (unpaired) electrons. The minimum Gasteiger partial charge on any atom is -1.00 e. The van der Waals surface area contributed by atoms with E-state index in [1.165, 1.54) is 64.2 Å². The molecule has 1 aromatic rings. The maximum Gasteiger partial charge on any atom is 1.00 e. The topological polar surface area (TPSA) is 86.5 Å². The standard InChI is InChI=1S/C20H34O3S.C3H5NO.Na.H/c1-2-3-4-5-6-7-8-9-10-11-12-16-19-23-24(21,22)20-17-14-13-15-18-20;1-2-3(4)5;;/h13-15,17-18H,2-12,16,19H2,1H3;2H,1H2,(H2,4,5);;/q;;+1;-1. The molecule has 0 heterocycles. The number of primary amides is 1. The number of carbonyl (C=O) groups excluding carboxylic acids is 1. The number of benzene rings is 1. The Balaban J connectivity index is -0.00000100. The second-order valence-electron chi connectivity index (χ2n) is 7.08. The molecule has 0 bridgehead atoms. The fraction of sp³-hybridized carbons (Fsp3) is 0.609. The fourth-order valence-corrected chi connectivity index (χ4v) is 3.73. The van der Waals surface area contributed by atoms with E-state index in [-0.39, 0.29) is 42.5 Å². The number of rotatable bonds is 16. The minimum atomic E-state index is -3.57. The normalized spacial score (nSPS) is 10.4. The van der Waals surface area contributed by atoms with Crippen LogP contribution < -0.4 is 35.3 Å². The monoisotopic (exact) mass is 449 g/mol. The van der Waals surface area contributed by atoms with E-state index in [0.29, 0.717) is 0 Å². The van der Waals surface area contributed by atoms with Crippen LogP contribution in [0.1, 0.15) is 85.4 Å².